The van der Waals surface area contributed by atoms with Gasteiger partial charge in [0.25, 0.3) is 0 Å². The Morgan fingerprint density at radius 3 is 2.35 bits per heavy atom. The van der Waals surface area contributed by atoms with E-state index in [1.54, 1.807) is 4.31 Å². The lowest BCUT2D eigenvalue weighted by Gasteiger charge is -2.38. The lowest BCUT2D eigenvalue weighted by molar-refractivity contribution is -0.0327. The monoisotopic (exact) mass is 304 g/mol. The molecule has 3 aliphatic heterocycles. The van der Waals surface area contributed by atoms with Gasteiger partial charge >= 0.3 is 0 Å². The summed E-state index contributed by atoms with van der Waals surface area (Å²) in [6.45, 7) is 5.55. The molecule has 7 heteroatoms. The molecule has 0 unspecified atom stereocenters. The van der Waals surface area contributed by atoms with E-state index < -0.39 is 10.0 Å². The van der Waals surface area contributed by atoms with Gasteiger partial charge in [-0.3, -0.25) is 4.90 Å². The van der Waals surface area contributed by atoms with Crippen LogP contribution < -0.4 is 0 Å². The smallest absolute Gasteiger partial charge is 0.211 e. The average Bonchev–Trinajstić information content (AvgIpc) is 2.83. The van der Waals surface area contributed by atoms with Crippen molar-refractivity contribution in [2.45, 2.75) is 30.9 Å². The molecule has 0 amide bonds. The Balaban J connectivity index is 1.57. The Kier molecular flexibility index (Phi) is 4.07. The van der Waals surface area contributed by atoms with Gasteiger partial charge in [0.05, 0.1) is 31.7 Å². The van der Waals surface area contributed by atoms with Gasteiger partial charge < -0.3 is 9.47 Å². The summed E-state index contributed by atoms with van der Waals surface area (Å²) in [5.41, 5.74) is -0.0931. The van der Waals surface area contributed by atoms with Gasteiger partial charge in [0.15, 0.2) is 0 Å². The molecule has 0 radical (unpaired) electrons. The Bertz CT molecular complexity index is 439. The molecule has 1 atom stereocenters. The van der Waals surface area contributed by atoms with E-state index in [1.807, 2.05) is 0 Å². The Labute approximate surface area is 121 Å². The van der Waals surface area contributed by atoms with Gasteiger partial charge in [-0.05, 0) is 19.3 Å². The third-order valence-electron chi connectivity index (χ3n) is 4.85. The summed E-state index contributed by atoms with van der Waals surface area (Å²) in [6, 6.07) is 0.476. The molecule has 3 fully saturated rings. The van der Waals surface area contributed by atoms with Crippen LogP contribution in [0.15, 0.2) is 0 Å². The van der Waals surface area contributed by atoms with Crippen LogP contribution in [-0.2, 0) is 19.5 Å². The summed E-state index contributed by atoms with van der Waals surface area (Å²) in [6.07, 6.45) is 3.96. The summed E-state index contributed by atoms with van der Waals surface area (Å²) in [7, 11) is -3.06. The third kappa shape index (κ3) is 3.01. The van der Waals surface area contributed by atoms with E-state index in [9.17, 15) is 8.42 Å². The van der Waals surface area contributed by atoms with Crippen molar-refractivity contribution in [3.05, 3.63) is 0 Å². The van der Waals surface area contributed by atoms with E-state index >= 15 is 0 Å². The maximum atomic E-state index is 11.6. The molecule has 6 nitrogen and oxygen atoms in total. The number of piperidine rings is 1. The Morgan fingerprint density at radius 1 is 1.10 bits per heavy atom. The summed E-state index contributed by atoms with van der Waals surface area (Å²) < 4.78 is 36.2. The fourth-order valence-corrected chi connectivity index (χ4v) is 4.42. The van der Waals surface area contributed by atoms with Crippen LogP contribution in [0.2, 0.25) is 0 Å². The van der Waals surface area contributed by atoms with Crippen molar-refractivity contribution in [3.63, 3.8) is 0 Å². The highest BCUT2D eigenvalue weighted by Gasteiger charge is 2.45. The van der Waals surface area contributed by atoms with Crippen LogP contribution in [0.25, 0.3) is 0 Å². The van der Waals surface area contributed by atoms with Crippen molar-refractivity contribution in [2.75, 3.05) is 52.3 Å². The minimum Gasteiger partial charge on any atom is -0.379 e. The van der Waals surface area contributed by atoms with Gasteiger partial charge in [-0.25, -0.2) is 12.7 Å². The lowest BCUT2D eigenvalue weighted by Crippen LogP contribution is -2.47. The number of nitrogens with zero attached hydrogens (tertiary/aromatic N) is 2. The van der Waals surface area contributed by atoms with Crippen LogP contribution in [0, 0.1) is 0 Å². The summed E-state index contributed by atoms with van der Waals surface area (Å²) in [5.74, 6) is 0. The van der Waals surface area contributed by atoms with Gasteiger partial charge in [-0.15, -0.1) is 0 Å². The molecule has 3 aliphatic rings. The van der Waals surface area contributed by atoms with Crippen LogP contribution >= 0.6 is 0 Å². The van der Waals surface area contributed by atoms with Crippen LogP contribution in [0.4, 0.5) is 0 Å². The molecule has 0 N–H and O–H groups in total. The highest BCUT2D eigenvalue weighted by Crippen LogP contribution is 2.38. The van der Waals surface area contributed by atoms with Gasteiger partial charge in [-0.1, -0.05) is 0 Å². The average molecular weight is 304 g/mol. The first kappa shape index (κ1) is 14.7. The molecule has 0 aromatic carbocycles. The predicted molar refractivity (Wildman–Crippen MR) is 75.1 cm³/mol. The molecule has 0 aromatic rings. The van der Waals surface area contributed by atoms with E-state index in [0.29, 0.717) is 19.1 Å². The van der Waals surface area contributed by atoms with Gasteiger partial charge in [0.2, 0.25) is 10.0 Å². The van der Waals surface area contributed by atoms with Crippen molar-refractivity contribution in [1.82, 2.24) is 9.21 Å². The minimum atomic E-state index is -3.06. The standard InChI is InChI=1S/C13H24N2O4S/c1-20(16,17)15-4-2-13(3-5-15)10-12(11-19-13)14-6-8-18-9-7-14/h12H,2-11H2,1H3/t12-/m1/s1. The van der Waals surface area contributed by atoms with Crippen molar-refractivity contribution in [2.24, 2.45) is 0 Å². The normalized spacial score (nSPS) is 32.8. The largest absolute Gasteiger partial charge is 0.379 e. The van der Waals surface area contributed by atoms with Gasteiger partial charge in [0.1, 0.15) is 0 Å². The summed E-state index contributed by atoms with van der Waals surface area (Å²) >= 11 is 0. The molecule has 3 heterocycles. The first-order valence-electron chi connectivity index (χ1n) is 7.39. The van der Waals surface area contributed by atoms with Crippen LogP contribution in [0.5, 0.6) is 0 Å². The molecule has 0 aliphatic carbocycles. The van der Waals surface area contributed by atoms with Crippen LogP contribution in [0.3, 0.4) is 0 Å². The molecule has 3 rings (SSSR count). The van der Waals surface area contributed by atoms with Crippen molar-refractivity contribution >= 4 is 10.0 Å². The maximum absolute atomic E-state index is 11.6. The SMILES string of the molecule is CS(=O)(=O)N1CCC2(CC1)C[C@@H](N1CCOCC1)CO2. The number of hydrogen-bond acceptors (Lipinski definition) is 5. The van der Waals surface area contributed by atoms with Crippen LogP contribution in [0.1, 0.15) is 19.3 Å². The second-order valence-electron chi connectivity index (χ2n) is 6.16. The number of hydrogen-bond donors (Lipinski definition) is 0. The van der Waals surface area contributed by atoms with Crippen molar-refractivity contribution in [1.29, 1.82) is 0 Å². The van der Waals surface area contributed by atoms with Crippen molar-refractivity contribution in [3.8, 4) is 0 Å². The third-order valence-corrected chi connectivity index (χ3v) is 6.16. The Morgan fingerprint density at radius 2 is 1.75 bits per heavy atom. The molecule has 0 aromatic heterocycles. The molecule has 116 valence electrons. The number of morpholine rings is 1. The zero-order chi connectivity index (χ0) is 14.2. The highest BCUT2D eigenvalue weighted by molar-refractivity contribution is 7.88. The zero-order valence-electron chi connectivity index (χ0n) is 12.1. The fraction of sp³-hybridized carbons (Fsp3) is 1.00. The van der Waals surface area contributed by atoms with E-state index in [2.05, 4.69) is 4.90 Å². The molecule has 0 saturated carbocycles. The minimum absolute atomic E-state index is 0.0931. The van der Waals surface area contributed by atoms with Crippen molar-refractivity contribution < 1.29 is 17.9 Å². The lowest BCUT2D eigenvalue weighted by atomic mass is 9.88. The summed E-state index contributed by atoms with van der Waals surface area (Å²) in [4.78, 5) is 2.46. The topological polar surface area (TPSA) is 59.1 Å². The molecule has 3 saturated heterocycles. The van der Waals surface area contributed by atoms with E-state index in [1.165, 1.54) is 6.26 Å². The van der Waals surface area contributed by atoms with E-state index in [-0.39, 0.29) is 5.60 Å². The quantitative estimate of drug-likeness (QED) is 0.713. The maximum Gasteiger partial charge on any atom is 0.211 e. The molecular formula is C13H24N2O4S. The second kappa shape index (κ2) is 5.53. The second-order valence-corrected chi connectivity index (χ2v) is 8.14. The summed E-state index contributed by atoms with van der Waals surface area (Å²) in [5, 5.41) is 0. The predicted octanol–water partition coefficient (Wildman–Crippen LogP) is -0.0983. The molecular weight excluding hydrogens is 280 g/mol. The van der Waals surface area contributed by atoms with E-state index in [4.69, 9.17) is 9.47 Å². The Hall–Kier alpha value is -0.210. The molecule has 20 heavy (non-hydrogen) atoms. The van der Waals surface area contributed by atoms with Crippen LogP contribution in [-0.4, -0.2) is 81.5 Å². The van der Waals surface area contributed by atoms with Gasteiger partial charge in [-0.2, -0.15) is 0 Å². The van der Waals surface area contributed by atoms with E-state index in [0.717, 1.165) is 52.2 Å². The molecule has 1 spiro atoms. The fourth-order valence-electron chi connectivity index (χ4n) is 3.57. The highest BCUT2D eigenvalue weighted by atomic mass is 32.2. The first-order chi connectivity index (χ1) is 9.49. The first-order valence-corrected chi connectivity index (χ1v) is 9.24. The number of rotatable bonds is 2. The van der Waals surface area contributed by atoms with Gasteiger partial charge in [0, 0.05) is 32.2 Å². The number of sulfonamides is 1. The molecule has 0 bridgehead atoms. The number of ether oxygens (including phenoxy) is 2. The zero-order valence-corrected chi connectivity index (χ0v) is 12.9.